The average molecular weight is 256 g/mol. The predicted molar refractivity (Wildman–Crippen MR) is 74.6 cm³/mol. The number of hydrogen-bond acceptors (Lipinski definition) is 3. The van der Waals surface area contributed by atoms with Gasteiger partial charge in [-0.1, -0.05) is 30.3 Å². The minimum absolute atomic E-state index is 0.165. The number of carbonyl (C=O) groups is 2. The molecule has 0 atom stereocenters. The smallest absolute Gasteiger partial charge is 0.144 e. The predicted octanol–water partition coefficient (Wildman–Crippen LogP) is 3.11. The van der Waals surface area contributed by atoms with Gasteiger partial charge in [-0.05, 0) is 30.7 Å². The van der Waals surface area contributed by atoms with Crippen LogP contribution in [0, 0.1) is 0 Å². The van der Waals surface area contributed by atoms with Crippen LogP contribution in [-0.2, 0) is 9.59 Å². The van der Waals surface area contributed by atoms with Crippen LogP contribution in [0.5, 0.6) is 5.75 Å². The summed E-state index contributed by atoms with van der Waals surface area (Å²) < 4.78 is 5.33. The van der Waals surface area contributed by atoms with Gasteiger partial charge in [-0.2, -0.15) is 0 Å². The molecule has 0 fully saturated rings. The van der Waals surface area contributed by atoms with Crippen molar-refractivity contribution >= 4 is 22.3 Å². The topological polar surface area (TPSA) is 43.4 Å². The van der Waals surface area contributed by atoms with Crippen molar-refractivity contribution < 1.29 is 14.3 Å². The standard InChI is InChI=1S/C16H16O3/c1-10(17)15(11(2)18)16-13-7-5-4-6-12(13)8-9-14(16)19-3/h4-9,15H,1-3H3. The minimum atomic E-state index is -0.763. The zero-order chi connectivity index (χ0) is 14.0. The molecule has 0 aromatic heterocycles. The van der Waals surface area contributed by atoms with E-state index in [1.807, 2.05) is 30.3 Å². The number of methoxy groups -OCH3 is 1. The molecule has 0 spiro atoms. The van der Waals surface area contributed by atoms with Gasteiger partial charge in [-0.25, -0.2) is 0 Å². The lowest BCUT2D eigenvalue weighted by molar-refractivity contribution is -0.126. The lowest BCUT2D eigenvalue weighted by Gasteiger charge is -2.17. The summed E-state index contributed by atoms with van der Waals surface area (Å²) in [5.41, 5.74) is 0.667. The molecule has 2 rings (SSSR count). The van der Waals surface area contributed by atoms with Crippen LogP contribution in [0.1, 0.15) is 25.3 Å². The molecule has 0 aliphatic rings. The first-order valence-electron chi connectivity index (χ1n) is 6.12. The third-order valence-electron chi connectivity index (χ3n) is 3.25. The summed E-state index contributed by atoms with van der Waals surface area (Å²) >= 11 is 0. The van der Waals surface area contributed by atoms with Crippen LogP contribution in [0.15, 0.2) is 36.4 Å². The fourth-order valence-corrected chi connectivity index (χ4v) is 2.44. The lowest BCUT2D eigenvalue weighted by Crippen LogP contribution is -2.18. The Morgan fingerprint density at radius 3 is 2.21 bits per heavy atom. The molecule has 0 saturated carbocycles. The average Bonchev–Trinajstić information content (AvgIpc) is 2.38. The Balaban J connectivity index is 2.81. The maximum absolute atomic E-state index is 11.8. The highest BCUT2D eigenvalue weighted by Gasteiger charge is 2.27. The van der Waals surface area contributed by atoms with E-state index in [1.54, 1.807) is 13.2 Å². The van der Waals surface area contributed by atoms with E-state index in [9.17, 15) is 9.59 Å². The maximum atomic E-state index is 11.8. The fraction of sp³-hybridized carbons (Fsp3) is 0.250. The van der Waals surface area contributed by atoms with Gasteiger partial charge in [-0.3, -0.25) is 9.59 Å². The zero-order valence-electron chi connectivity index (χ0n) is 11.3. The van der Waals surface area contributed by atoms with E-state index < -0.39 is 5.92 Å². The van der Waals surface area contributed by atoms with Crippen LogP contribution in [0.4, 0.5) is 0 Å². The van der Waals surface area contributed by atoms with Gasteiger partial charge < -0.3 is 4.74 Å². The highest BCUT2D eigenvalue weighted by Crippen LogP contribution is 2.35. The Bertz CT molecular complexity index is 629. The van der Waals surface area contributed by atoms with Gasteiger partial charge in [-0.15, -0.1) is 0 Å². The summed E-state index contributed by atoms with van der Waals surface area (Å²) in [6.45, 7) is 2.88. The van der Waals surface area contributed by atoms with Crippen molar-refractivity contribution in [2.24, 2.45) is 0 Å². The number of ether oxygens (including phenoxy) is 1. The van der Waals surface area contributed by atoms with Crippen LogP contribution in [0.2, 0.25) is 0 Å². The quantitative estimate of drug-likeness (QED) is 0.789. The first-order valence-corrected chi connectivity index (χ1v) is 6.12. The highest BCUT2D eigenvalue weighted by atomic mass is 16.5. The Hall–Kier alpha value is -2.16. The first kappa shape index (κ1) is 13.3. The van der Waals surface area contributed by atoms with Crippen LogP contribution < -0.4 is 4.74 Å². The molecule has 2 aromatic carbocycles. The summed E-state index contributed by atoms with van der Waals surface area (Å²) in [5, 5.41) is 1.88. The van der Waals surface area contributed by atoms with E-state index in [0.717, 1.165) is 10.8 Å². The second-order valence-electron chi connectivity index (χ2n) is 4.56. The van der Waals surface area contributed by atoms with Crippen LogP contribution in [0.3, 0.4) is 0 Å². The molecule has 0 N–H and O–H groups in total. The molecular weight excluding hydrogens is 240 g/mol. The molecule has 3 nitrogen and oxygen atoms in total. The maximum Gasteiger partial charge on any atom is 0.144 e. The SMILES string of the molecule is COc1ccc2ccccc2c1C(C(C)=O)C(C)=O. The van der Waals surface area contributed by atoms with Gasteiger partial charge in [0.25, 0.3) is 0 Å². The first-order chi connectivity index (χ1) is 9.06. The third kappa shape index (κ3) is 2.36. The van der Waals surface area contributed by atoms with Crippen molar-refractivity contribution in [3.63, 3.8) is 0 Å². The normalized spacial score (nSPS) is 10.7. The van der Waals surface area contributed by atoms with Gasteiger partial charge in [0.1, 0.15) is 23.2 Å². The molecule has 0 unspecified atom stereocenters. The van der Waals surface area contributed by atoms with Gasteiger partial charge in [0.15, 0.2) is 0 Å². The molecule has 0 heterocycles. The molecule has 19 heavy (non-hydrogen) atoms. The molecule has 0 radical (unpaired) electrons. The van der Waals surface area contributed by atoms with Gasteiger partial charge in [0.05, 0.1) is 7.11 Å². The van der Waals surface area contributed by atoms with Gasteiger partial charge >= 0.3 is 0 Å². The fourth-order valence-electron chi connectivity index (χ4n) is 2.44. The van der Waals surface area contributed by atoms with Crippen LogP contribution >= 0.6 is 0 Å². The van der Waals surface area contributed by atoms with Crippen LogP contribution in [-0.4, -0.2) is 18.7 Å². The Kier molecular flexibility index (Phi) is 3.65. The third-order valence-corrected chi connectivity index (χ3v) is 3.25. The number of ketones is 2. The summed E-state index contributed by atoms with van der Waals surface area (Å²) in [7, 11) is 1.55. The molecule has 0 saturated heterocycles. The van der Waals surface area contributed by atoms with E-state index in [-0.39, 0.29) is 11.6 Å². The molecule has 3 heteroatoms. The number of Topliss-reactive ketones (excluding diaryl/α,β-unsaturated/α-hetero) is 2. The van der Waals surface area contributed by atoms with Crippen molar-refractivity contribution in [3.8, 4) is 5.75 Å². The summed E-state index contributed by atoms with van der Waals surface area (Å²) in [4.78, 5) is 23.6. The lowest BCUT2D eigenvalue weighted by atomic mass is 9.87. The monoisotopic (exact) mass is 256 g/mol. The number of fused-ring (bicyclic) bond motifs is 1. The number of carbonyl (C=O) groups excluding carboxylic acids is 2. The zero-order valence-corrected chi connectivity index (χ0v) is 11.3. The van der Waals surface area contributed by atoms with Crippen molar-refractivity contribution in [1.29, 1.82) is 0 Å². The van der Waals surface area contributed by atoms with Crippen molar-refractivity contribution in [2.75, 3.05) is 7.11 Å². The van der Waals surface area contributed by atoms with Crippen molar-refractivity contribution in [2.45, 2.75) is 19.8 Å². The Labute approximate surface area is 112 Å². The summed E-state index contributed by atoms with van der Waals surface area (Å²) in [6, 6.07) is 11.4. The van der Waals surface area contributed by atoms with Gasteiger partial charge in [0, 0.05) is 5.56 Å². The van der Waals surface area contributed by atoms with E-state index in [2.05, 4.69) is 0 Å². The molecule has 0 bridgehead atoms. The molecule has 0 amide bonds. The second kappa shape index (κ2) is 5.22. The summed E-state index contributed by atoms with van der Waals surface area (Å²) in [6.07, 6.45) is 0. The van der Waals surface area contributed by atoms with E-state index >= 15 is 0 Å². The largest absolute Gasteiger partial charge is 0.496 e. The van der Waals surface area contributed by atoms with Gasteiger partial charge in [0.2, 0.25) is 0 Å². The molecular formula is C16H16O3. The van der Waals surface area contributed by atoms with E-state index in [4.69, 9.17) is 4.74 Å². The number of hydrogen-bond donors (Lipinski definition) is 0. The molecule has 2 aromatic rings. The van der Waals surface area contributed by atoms with Crippen molar-refractivity contribution in [1.82, 2.24) is 0 Å². The molecule has 0 aliphatic heterocycles. The minimum Gasteiger partial charge on any atom is -0.496 e. The molecule has 98 valence electrons. The van der Waals surface area contributed by atoms with E-state index in [1.165, 1.54) is 13.8 Å². The number of rotatable bonds is 4. The number of benzene rings is 2. The summed E-state index contributed by atoms with van der Waals surface area (Å²) in [5.74, 6) is -0.514. The van der Waals surface area contributed by atoms with E-state index in [0.29, 0.717) is 11.3 Å². The Morgan fingerprint density at radius 2 is 1.63 bits per heavy atom. The highest BCUT2D eigenvalue weighted by molar-refractivity contribution is 6.09. The van der Waals surface area contributed by atoms with Crippen molar-refractivity contribution in [3.05, 3.63) is 42.0 Å². The Morgan fingerprint density at radius 1 is 1.00 bits per heavy atom. The molecule has 0 aliphatic carbocycles. The second-order valence-corrected chi connectivity index (χ2v) is 4.56. The van der Waals surface area contributed by atoms with Crippen LogP contribution in [0.25, 0.3) is 10.8 Å².